The standard InChI is InChI=1S/C22H16BrFO2S/c1-11-12(2)27-22-19(11)20(15-6-4-5-7-16(15)21(22)23)14-8-9-18(17(24)10-14)26-13(3)25/h4-10H,1-3H3. The summed E-state index contributed by atoms with van der Waals surface area (Å²) in [7, 11) is 0. The Bertz CT molecular complexity index is 1230. The fraction of sp³-hybridized carbons (Fsp3) is 0.136. The zero-order valence-corrected chi connectivity index (χ0v) is 17.4. The van der Waals surface area contributed by atoms with Crippen LogP contribution in [0.3, 0.4) is 0 Å². The van der Waals surface area contributed by atoms with Crippen molar-refractivity contribution in [2.24, 2.45) is 0 Å². The van der Waals surface area contributed by atoms with Crippen molar-refractivity contribution in [1.29, 1.82) is 0 Å². The fourth-order valence-corrected chi connectivity index (χ4v) is 5.33. The molecule has 2 nitrogen and oxygen atoms in total. The van der Waals surface area contributed by atoms with Crippen LogP contribution in [0, 0.1) is 19.7 Å². The van der Waals surface area contributed by atoms with E-state index >= 15 is 0 Å². The average molecular weight is 443 g/mol. The highest BCUT2D eigenvalue weighted by atomic mass is 79.9. The topological polar surface area (TPSA) is 26.3 Å². The molecule has 0 aliphatic rings. The van der Waals surface area contributed by atoms with E-state index in [1.165, 1.54) is 29.5 Å². The summed E-state index contributed by atoms with van der Waals surface area (Å²) in [6.07, 6.45) is 0. The first-order valence-electron chi connectivity index (χ1n) is 8.46. The van der Waals surface area contributed by atoms with E-state index in [-0.39, 0.29) is 5.75 Å². The molecule has 4 rings (SSSR count). The van der Waals surface area contributed by atoms with Crippen LogP contribution < -0.4 is 4.74 Å². The zero-order valence-electron chi connectivity index (χ0n) is 15.0. The van der Waals surface area contributed by atoms with E-state index in [2.05, 4.69) is 41.9 Å². The molecule has 0 aliphatic carbocycles. The lowest BCUT2D eigenvalue weighted by Gasteiger charge is -2.13. The van der Waals surface area contributed by atoms with Gasteiger partial charge in [-0.25, -0.2) is 4.39 Å². The van der Waals surface area contributed by atoms with Crippen LogP contribution in [0.1, 0.15) is 17.4 Å². The first kappa shape index (κ1) is 18.1. The third-order valence-corrected chi connectivity index (χ3v) is 7.05. The Morgan fingerprint density at radius 1 is 1.11 bits per heavy atom. The quantitative estimate of drug-likeness (QED) is 0.243. The minimum absolute atomic E-state index is 0.0536. The predicted octanol–water partition coefficient (Wildman–Crippen LogP) is 7.17. The van der Waals surface area contributed by atoms with Crippen LogP contribution in [0.2, 0.25) is 0 Å². The Morgan fingerprint density at radius 3 is 2.48 bits per heavy atom. The number of halogens is 2. The Balaban J connectivity index is 2.10. The number of thiophene rings is 1. The number of ether oxygens (including phenoxy) is 1. The summed E-state index contributed by atoms with van der Waals surface area (Å²) in [5.74, 6) is -1.14. The van der Waals surface area contributed by atoms with Crippen LogP contribution >= 0.6 is 27.3 Å². The molecule has 0 atom stereocenters. The second kappa shape index (κ2) is 6.73. The highest BCUT2D eigenvalue weighted by Crippen LogP contribution is 2.47. The lowest BCUT2D eigenvalue weighted by molar-refractivity contribution is -0.132. The molecule has 136 valence electrons. The molecule has 0 saturated carbocycles. The van der Waals surface area contributed by atoms with Gasteiger partial charge in [-0.3, -0.25) is 4.79 Å². The van der Waals surface area contributed by atoms with Crippen LogP contribution in [0.15, 0.2) is 46.9 Å². The number of hydrogen-bond donors (Lipinski definition) is 0. The van der Waals surface area contributed by atoms with E-state index < -0.39 is 11.8 Å². The first-order valence-corrected chi connectivity index (χ1v) is 10.1. The fourth-order valence-electron chi connectivity index (χ4n) is 3.43. The summed E-state index contributed by atoms with van der Waals surface area (Å²) in [6, 6.07) is 12.9. The molecule has 0 bridgehead atoms. The number of hydrogen-bond acceptors (Lipinski definition) is 3. The zero-order chi connectivity index (χ0) is 19.3. The maximum absolute atomic E-state index is 14.6. The van der Waals surface area contributed by atoms with Crippen molar-refractivity contribution in [2.45, 2.75) is 20.8 Å². The summed E-state index contributed by atoms with van der Waals surface area (Å²) >= 11 is 5.50. The van der Waals surface area contributed by atoms with Gasteiger partial charge in [0.15, 0.2) is 11.6 Å². The molecule has 0 spiro atoms. The van der Waals surface area contributed by atoms with Crippen molar-refractivity contribution in [1.82, 2.24) is 0 Å². The van der Waals surface area contributed by atoms with E-state index in [1.54, 1.807) is 11.3 Å². The summed E-state index contributed by atoms with van der Waals surface area (Å²) in [4.78, 5) is 12.4. The molecule has 27 heavy (non-hydrogen) atoms. The van der Waals surface area contributed by atoms with Gasteiger partial charge in [0.05, 0.1) is 4.70 Å². The average Bonchev–Trinajstić information content (AvgIpc) is 2.93. The van der Waals surface area contributed by atoms with Crippen LogP contribution in [-0.2, 0) is 4.79 Å². The van der Waals surface area contributed by atoms with Crippen molar-refractivity contribution < 1.29 is 13.9 Å². The smallest absolute Gasteiger partial charge is 0.308 e. The monoisotopic (exact) mass is 442 g/mol. The Morgan fingerprint density at radius 2 is 1.81 bits per heavy atom. The maximum Gasteiger partial charge on any atom is 0.308 e. The molecule has 1 aromatic heterocycles. The van der Waals surface area contributed by atoms with Crippen molar-refractivity contribution in [2.75, 3.05) is 0 Å². The van der Waals surface area contributed by atoms with Gasteiger partial charge in [-0.15, -0.1) is 11.3 Å². The lowest BCUT2D eigenvalue weighted by Crippen LogP contribution is -2.03. The number of rotatable bonds is 2. The van der Waals surface area contributed by atoms with E-state index in [0.29, 0.717) is 0 Å². The summed E-state index contributed by atoms with van der Waals surface area (Å²) in [5, 5.41) is 3.27. The normalized spacial score (nSPS) is 11.3. The summed E-state index contributed by atoms with van der Waals surface area (Å²) < 4.78 is 21.8. The second-order valence-electron chi connectivity index (χ2n) is 6.46. The lowest BCUT2D eigenvalue weighted by atomic mass is 9.93. The molecule has 0 saturated heterocycles. The molecule has 0 fully saturated rings. The van der Waals surface area contributed by atoms with Gasteiger partial charge in [-0.05, 0) is 69.4 Å². The van der Waals surface area contributed by atoms with Crippen LogP contribution in [-0.4, -0.2) is 5.97 Å². The minimum Gasteiger partial charge on any atom is -0.424 e. The van der Waals surface area contributed by atoms with Gasteiger partial charge < -0.3 is 4.74 Å². The largest absolute Gasteiger partial charge is 0.424 e. The highest BCUT2D eigenvalue weighted by molar-refractivity contribution is 9.11. The number of esters is 1. The molecule has 0 aliphatic heterocycles. The third kappa shape index (κ3) is 2.95. The first-order chi connectivity index (χ1) is 12.9. The van der Waals surface area contributed by atoms with Crippen molar-refractivity contribution in [3.63, 3.8) is 0 Å². The van der Waals surface area contributed by atoms with Crippen LogP contribution in [0.5, 0.6) is 5.75 Å². The molecule has 4 aromatic rings. The van der Waals surface area contributed by atoms with E-state index in [9.17, 15) is 9.18 Å². The van der Waals surface area contributed by atoms with Gasteiger partial charge in [-0.1, -0.05) is 30.3 Å². The van der Waals surface area contributed by atoms with E-state index in [4.69, 9.17) is 4.74 Å². The molecule has 0 radical (unpaired) electrons. The van der Waals surface area contributed by atoms with Gasteiger partial charge in [0, 0.05) is 21.7 Å². The van der Waals surface area contributed by atoms with Gasteiger partial charge in [0.2, 0.25) is 0 Å². The third-order valence-electron chi connectivity index (χ3n) is 4.74. The molecular weight excluding hydrogens is 427 g/mol. The number of carbonyl (C=O) groups excluding carboxylic acids is 1. The summed E-state index contributed by atoms with van der Waals surface area (Å²) in [5.41, 5.74) is 2.96. The van der Waals surface area contributed by atoms with Gasteiger partial charge in [-0.2, -0.15) is 0 Å². The van der Waals surface area contributed by atoms with Gasteiger partial charge in [0.1, 0.15) is 0 Å². The molecule has 0 amide bonds. The van der Waals surface area contributed by atoms with Crippen molar-refractivity contribution in [3.05, 3.63) is 63.2 Å². The van der Waals surface area contributed by atoms with E-state index in [0.717, 1.165) is 36.5 Å². The number of aryl methyl sites for hydroxylation is 2. The molecule has 0 N–H and O–H groups in total. The molecule has 5 heteroatoms. The SMILES string of the molecule is CC(=O)Oc1ccc(-c2c3ccccc3c(Br)c3sc(C)c(C)c23)cc1F. The van der Waals surface area contributed by atoms with Crippen LogP contribution in [0.4, 0.5) is 4.39 Å². The van der Waals surface area contributed by atoms with Crippen LogP contribution in [0.25, 0.3) is 32.0 Å². The number of benzene rings is 3. The number of carbonyl (C=O) groups is 1. The molecule has 1 heterocycles. The number of fused-ring (bicyclic) bond motifs is 2. The van der Waals surface area contributed by atoms with Gasteiger partial charge >= 0.3 is 5.97 Å². The minimum atomic E-state index is -0.549. The van der Waals surface area contributed by atoms with E-state index in [1.807, 2.05) is 18.2 Å². The summed E-state index contributed by atoms with van der Waals surface area (Å²) in [6.45, 7) is 5.46. The van der Waals surface area contributed by atoms with Crippen molar-refractivity contribution in [3.8, 4) is 16.9 Å². The van der Waals surface area contributed by atoms with Crippen molar-refractivity contribution >= 4 is 54.1 Å². The second-order valence-corrected chi connectivity index (χ2v) is 8.48. The highest BCUT2D eigenvalue weighted by Gasteiger charge is 2.20. The Hall–Kier alpha value is -2.24. The maximum atomic E-state index is 14.6. The Kier molecular flexibility index (Phi) is 4.52. The van der Waals surface area contributed by atoms with Gasteiger partial charge in [0.25, 0.3) is 0 Å². The predicted molar refractivity (Wildman–Crippen MR) is 113 cm³/mol. The molecule has 3 aromatic carbocycles. The molecular formula is C22H16BrFO2S. The molecule has 0 unspecified atom stereocenters. The Labute approximate surface area is 168 Å².